The van der Waals surface area contributed by atoms with Gasteiger partial charge in [0.05, 0.1) is 19.8 Å². The van der Waals surface area contributed by atoms with Crippen LogP contribution in [0.25, 0.3) is 0 Å². The van der Waals surface area contributed by atoms with E-state index in [0.29, 0.717) is 19.8 Å². The van der Waals surface area contributed by atoms with Gasteiger partial charge in [-0.25, -0.2) is 0 Å². The molecular formula is C19H28O3. The van der Waals surface area contributed by atoms with Crippen LogP contribution in [-0.4, -0.2) is 19.8 Å². The highest BCUT2D eigenvalue weighted by Gasteiger charge is 2.57. The van der Waals surface area contributed by atoms with Gasteiger partial charge in [-0.2, -0.15) is 0 Å². The Bertz CT molecular complexity index is 521. The molecule has 0 atom stereocenters. The summed E-state index contributed by atoms with van der Waals surface area (Å²) in [5.41, 5.74) is 2.42. The lowest BCUT2D eigenvalue weighted by Crippen LogP contribution is -2.62. The van der Waals surface area contributed by atoms with Crippen molar-refractivity contribution in [3.05, 3.63) is 35.4 Å². The molecule has 3 nitrogen and oxygen atoms in total. The van der Waals surface area contributed by atoms with Crippen LogP contribution in [0, 0.1) is 10.8 Å². The molecule has 3 heteroatoms. The number of hydrogen-bond acceptors (Lipinski definition) is 3. The molecule has 3 saturated heterocycles. The first-order valence-corrected chi connectivity index (χ1v) is 8.11. The van der Waals surface area contributed by atoms with Gasteiger partial charge in [0.1, 0.15) is 0 Å². The average molecular weight is 304 g/mol. The van der Waals surface area contributed by atoms with Crippen molar-refractivity contribution < 1.29 is 14.2 Å². The Hall–Kier alpha value is -0.900. The molecule has 0 amide bonds. The Balaban J connectivity index is 1.83. The number of ether oxygens (including phenoxy) is 3. The zero-order chi connectivity index (χ0) is 16.2. The molecule has 0 unspecified atom stereocenters. The quantitative estimate of drug-likeness (QED) is 0.778. The Morgan fingerprint density at radius 2 is 1.23 bits per heavy atom. The van der Waals surface area contributed by atoms with Gasteiger partial charge in [0, 0.05) is 11.0 Å². The fourth-order valence-electron chi connectivity index (χ4n) is 3.02. The fraction of sp³-hybridized carbons (Fsp3) is 0.684. The Labute approximate surface area is 134 Å². The standard InChI is InChI=1S/C19H28O3/c1-16(2,3)14-7-9-15(10-8-14)19-20-11-18(12-21-19,13-22-19)17(4,5)6/h7-10H,11-13H2,1-6H3. The van der Waals surface area contributed by atoms with Crippen LogP contribution in [0.15, 0.2) is 24.3 Å². The molecule has 0 saturated carbocycles. The lowest BCUT2D eigenvalue weighted by atomic mass is 9.67. The smallest absolute Gasteiger partial charge is 0.312 e. The summed E-state index contributed by atoms with van der Waals surface area (Å²) in [7, 11) is 0. The molecule has 3 aliphatic heterocycles. The average Bonchev–Trinajstić information content (AvgIpc) is 2.47. The topological polar surface area (TPSA) is 27.7 Å². The molecule has 22 heavy (non-hydrogen) atoms. The highest BCUT2D eigenvalue weighted by Crippen LogP contribution is 2.51. The molecule has 0 aromatic heterocycles. The van der Waals surface area contributed by atoms with Gasteiger partial charge in [-0.3, -0.25) is 0 Å². The van der Waals surface area contributed by atoms with Crippen molar-refractivity contribution in [2.75, 3.05) is 19.8 Å². The molecule has 0 spiro atoms. The van der Waals surface area contributed by atoms with E-state index in [-0.39, 0.29) is 16.2 Å². The summed E-state index contributed by atoms with van der Waals surface area (Å²) < 4.78 is 18.2. The molecule has 1 aromatic rings. The monoisotopic (exact) mass is 304 g/mol. The summed E-state index contributed by atoms with van der Waals surface area (Å²) in [5.74, 6) is -1.01. The Morgan fingerprint density at radius 3 is 1.59 bits per heavy atom. The number of rotatable bonds is 1. The van der Waals surface area contributed by atoms with E-state index in [9.17, 15) is 0 Å². The number of benzene rings is 1. The second kappa shape index (κ2) is 4.80. The first-order chi connectivity index (χ1) is 10.1. The first kappa shape index (κ1) is 16.0. The molecule has 1 aromatic carbocycles. The molecule has 0 radical (unpaired) electrons. The second-order valence-electron chi connectivity index (χ2n) is 8.78. The SMILES string of the molecule is CC(C)(C)c1ccc(C23OCC(C(C)(C)C)(CO2)CO3)cc1. The minimum atomic E-state index is -1.01. The Kier molecular flexibility index (Phi) is 3.48. The first-order valence-electron chi connectivity index (χ1n) is 8.11. The molecule has 4 rings (SSSR count). The van der Waals surface area contributed by atoms with Gasteiger partial charge in [0.25, 0.3) is 0 Å². The van der Waals surface area contributed by atoms with Crippen molar-refractivity contribution in [1.29, 1.82) is 0 Å². The van der Waals surface area contributed by atoms with Crippen molar-refractivity contribution in [3.63, 3.8) is 0 Å². The molecule has 0 aliphatic carbocycles. The summed E-state index contributed by atoms with van der Waals surface area (Å²) in [6, 6.07) is 8.41. The van der Waals surface area contributed by atoms with Crippen LogP contribution < -0.4 is 0 Å². The molecule has 0 N–H and O–H groups in total. The van der Waals surface area contributed by atoms with Crippen molar-refractivity contribution >= 4 is 0 Å². The van der Waals surface area contributed by atoms with Crippen LogP contribution in [0.1, 0.15) is 52.7 Å². The van der Waals surface area contributed by atoms with Gasteiger partial charge >= 0.3 is 5.97 Å². The number of hydrogen-bond donors (Lipinski definition) is 0. The lowest BCUT2D eigenvalue weighted by molar-refractivity contribution is -0.489. The van der Waals surface area contributed by atoms with Crippen molar-refractivity contribution in [3.8, 4) is 0 Å². The molecule has 3 aliphatic rings. The van der Waals surface area contributed by atoms with Gasteiger partial charge in [-0.1, -0.05) is 65.8 Å². The molecule has 2 bridgehead atoms. The minimum absolute atomic E-state index is 0.0555. The Morgan fingerprint density at radius 1 is 0.773 bits per heavy atom. The summed E-state index contributed by atoms with van der Waals surface area (Å²) in [4.78, 5) is 0. The summed E-state index contributed by atoms with van der Waals surface area (Å²) in [6.45, 7) is 15.3. The van der Waals surface area contributed by atoms with E-state index in [2.05, 4.69) is 65.8 Å². The van der Waals surface area contributed by atoms with Crippen LogP contribution in [0.2, 0.25) is 0 Å². The van der Waals surface area contributed by atoms with E-state index in [1.165, 1.54) is 5.56 Å². The highest BCUT2D eigenvalue weighted by molar-refractivity contribution is 5.29. The van der Waals surface area contributed by atoms with Gasteiger partial charge in [0.15, 0.2) is 0 Å². The van der Waals surface area contributed by atoms with E-state index in [1.807, 2.05) is 0 Å². The maximum Gasteiger partial charge on any atom is 0.312 e. The van der Waals surface area contributed by atoms with E-state index in [4.69, 9.17) is 14.2 Å². The molecule has 3 heterocycles. The molecule has 122 valence electrons. The normalized spacial score (nSPS) is 32.3. The number of fused-ring (bicyclic) bond motifs is 3. The fourth-order valence-corrected chi connectivity index (χ4v) is 3.02. The van der Waals surface area contributed by atoms with Crippen LogP contribution >= 0.6 is 0 Å². The van der Waals surface area contributed by atoms with Gasteiger partial charge in [-0.15, -0.1) is 0 Å². The predicted molar refractivity (Wildman–Crippen MR) is 86.6 cm³/mol. The van der Waals surface area contributed by atoms with Crippen LogP contribution in [-0.2, 0) is 25.6 Å². The second-order valence-corrected chi connectivity index (χ2v) is 8.78. The van der Waals surface area contributed by atoms with E-state index < -0.39 is 5.97 Å². The van der Waals surface area contributed by atoms with Gasteiger partial charge in [-0.05, 0) is 16.4 Å². The highest BCUT2D eigenvalue weighted by atomic mass is 16.9. The molecular weight excluding hydrogens is 276 g/mol. The van der Waals surface area contributed by atoms with Crippen LogP contribution in [0.5, 0.6) is 0 Å². The summed E-state index contributed by atoms with van der Waals surface area (Å²) in [6.07, 6.45) is 0. The molecule has 3 fully saturated rings. The van der Waals surface area contributed by atoms with Gasteiger partial charge in [0.2, 0.25) is 0 Å². The summed E-state index contributed by atoms with van der Waals surface area (Å²) in [5, 5.41) is 0. The largest absolute Gasteiger partial charge is 0.323 e. The van der Waals surface area contributed by atoms with Crippen molar-refractivity contribution in [1.82, 2.24) is 0 Å². The van der Waals surface area contributed by atoms with Gasteiger partial charge < -0.3 is 14.2 Å². The predicted octanol–water partition coefficient (Wildman–Crippen LogP) is 4.20. The third-order valence-electron chi connectivity index (χ3n) is 5.31. The van der Waals surface area contributed by atoms with Crippen molar-refractivity contribution in [2.45, 2.75) is 52.9 Å². The third-order valence-corrected chi connectivity index (χ3v) is 5.31. The van der Waals surface area contributed by atoms with Crippen LogP contribution in [0.4, 0.5) is 0 Å². The third kappa shape index (κ3) is 2.40. The zero-order valence-electron chi connectivity index (χ0n) is 14.7. The lowest BCUT2D eigenvalue weighted by Gasteiger charge is -2.56. The van der Waals surface area contributed by atoms with Crippen LogP contribution in [0.3, 0.4) is 0 Å². The minimum Gasteiger partial charge on any atom is -0.323 e. The van der Waals surface area contributed by atoms with E-state index in [0.717, 1.165) is 5.56 Å². The summed E-state index contributed by atoms with van der Waals surface area (Å²) >= 11 is 0. The van der Waals surface area contributed by atoms with E-state index >= 15 is 0 Å². The van der Waals surface area contributed by atoms with Crippen molar-refractivity contribution in [2.24, 2.45) is 10.8 Å². The maximum atomic E-state index is 6.06. The maximum absolute atomic E-state index is 6.06. The zero-order valence-corrected chi connectivity index (χ0v) is 14.7. The van der Waals surface area contributed by atoms with E-state index in [1.54, 1.807) is 0 Å².